The lowest BCUT2D eigenvalue weighted by atomic mass is 9.79. The molecule has 2 heterocycles. The van der Waals surface area contributed by atoms with Crippen LogP contribution in [0.15, 0.2) is 4.52 Å². The van der Waals surface area contributed by atoms with Crippen LogP contribution in [0.3, 0.4) is 0 Å². The van der Waals surface area contributed by atoms with E-state index in [1.165, 1.54) is 19.3 Å². The van der Waals surface area contributed by atoms with Crippen molar-refractivity contribution < 1.29 is 17.7 Å². The third kappa shape index (κ3) is 3.20. The van der Waals surface area contributed by atoms with Crippen LogP contribution in [0.1, 0.15) is 57.3 Å². The highest BCUT2D eigenvalue weighted by atomic mass is 32.2. The smallest absolute Gasteiger partial charge is 0.256 e. The van der Waals surface area contributed by atoms with E-state index >= 15 is 0 Å². The highest BCUT2D eigenvalue weighted by Gasteiger charge is 2.45. The van der Waals surface area contributed by atoms with Crippen molar-refractivity contribution >= 4 is 9.84 Å². The molecule has 3 rings (SSSR count). The van der Waals surface area contributed by atoms with Gasteiger partial charge in [-0.1, -0.05) is 31.8 Å². The van der Waals surface area contributed by atoms with Gasteiger partial charge in [0.25, 0.3) is 5.89 Å². The van der Waals surface area contributed by atoms with Crippen LogP contribution < -0.4 is 0 Å². The SMILES string of the molecule is CCS(=O)(=O)CCc1noc([C@@H]2O[C@@H]3CCCC[C@@H]3[C@@H]2C)n1. The zero-order valence-electron chi connectivity index (χ0n) is 13.2. The van der Waals surface area contributed by atoms with E-state index in [-0.39, 0.29) is 17.6 Å². The van der Waals surface area contributed by atoms with Crippen molar-refractivity contribution in [2.45, 2.75) is 58.2 Å². The lowest BCUT2D eigenvalue weighted by molar-refractivity contribution is 0.000523. The summed E-state index contributed by atoms with van der Waals surface area (Å²) in [6.45, 7) is 3.83. The van der Waals surface area contributed by atoms with Crippen molar-refractivity contribution in [3.8, 4) is 0 Å². The van der Waals surface area contributed by atoms with Crippen LogP contribution in [-0.4, -0.2) is 36.2 Å². The predicted molar refractivity (Wildman–Crippen MR) is 81.1 cm³/mol. The van der Waals surface area contributed by atoms with Gasteiger partial charge in [-0.05, 0) is 24.7 Å². The second-order valence-electron chi connectivity index (χ2n) is 6.44. The first kappa shape index (κ1) is 15.9. The number of rotatable bonds is 5. The molecule has 1 aromatic rings. The van der Waals surface area contributed by atoms with Crippen molar-refractivity contribution in [3.63, 3.8) is 0 Å². The summed E-state index contributed by atoms with van der Waals surface area (Å²) in [6, 6.07) is 0. The minimum Gasteiger partial charge on any atom is -0.365 e. The Bertz CT molecular complexity index is 613. The van der Waals surface area contributed by atoms with E-state index in [0.29, 0.717) is 36.1 Å². The van der Waals surface area contributed by atoms with E-state index in [4.69, 9.17) is 9.26 Å². The number of fused-ring (bicyclic) bond motifs is 1. The summed E-state index contributed by atoms with van der Waals surface area (Å²) in [5, 5.41) is 3.92. The molecule has 0 aromatic carbocycles. The van der Waals surface area contributed by atoms with Crippen molar-refractivity contribution in [1.82, 2.24) is 10.1 Å². The van der Waals surface area contributed by atoms with E-state index in [2.05, 4.69) is 17.1 Å². The lowest BCUT2D eigenvalue weighted by Gasteiger charge is -2.25. The molecular weight excluding hydrogens is 304 g/mol. The van der Waals surface area contributed by atoms with Crippen molar-refractivity contribution in [2.24, 2.45) is 11.8 Å². The quantitative estimate of drug-likeness (QED) is 0.825. The van der Waals surface area contributed by atoms with Gasteiger partial charge in [-0.25, -0.2) is 8.42 Å². The van der Waals surface area contributed by atoms with E-state index in [1.807, 2.05) is 0 Å². The van der Waals surface area contributed by atoms with Gasteiger partial charge in [-0.2, -0.15) is 4.98 Å². The van der Waals surface area contributed by atoms with Gasteiger partial charge < -0.3 is 9.26 Å². The Balaban J connectivity index is 1.66. The molecule has 6 nitrogen and oxygen atoms in total. The Kier molecular flexibility index (Phi) is 4.54. The molecule has 0 radical (unpaired) electrons. The first-order valence-corrected chi connectivity index (χ1v) is 10.0. The molecule has 22 heavy (non-hydrogen) atoms. The monoisotopic (exact) mass is 328 g/mol. The summed E-state index contributed by atoms with van der Waals surface area (Å²) in [5.41, 5.74) is 0. The Labute approximate surface area is 131 Å². The van der Waals surface area contributed by atoms with Crippen LogP contribution in [0.4, 0.5) is 0 Å². The molecule has 2 fully saturated rings. The number of aryl methyl sites for hydroxylation is 1. The number of ether oxygens (including phenoxy) is 1. The minimum absolute atomic E-state index is 0.0643. The fourth-order valence-corrected chi connectivity index (χ4v) is 4.37. The molecule has 1 saturated heterocycles. The zero-order chi connectivity index (χ0) is 15.7. The second kappa shape index (κ2) is 6.28. The van der Waals surface area contributed by atoms with Crippen LogP contribution in [0.25, 0.3) is 0 Å². The molecule has 0 bridgehead atoms. The molecule has 1 aromatic heterocycles. The number of hydrogen-bond acceptors (Lipinski definition) is 6. The molecule has 1 saturated carbocycles. The molecule has 0 unspecified atom stereocenters. The van der Waals surface area contributed by atoms with E-state index < -0.39 is 9.84 Å². The maximum atomic E-state index is 11.5. The van der Waals surface area contributed by atoms with Crippen molar-refractivity contribution in [1.29, 1.82) is 0 Å². The van der Waals surface area contributed by atoms with Gasteiger partial charge in [0.05, 0.1) is 11.9 Å². The van der Waals surface area contributed by atoms with E-state index in [0.717, 1.165) is 6.42 Å². The molecular formula is C15H24N2O4S. The van der Waals surface area contributed by atoms with Crippen LogP contribution in [-0.2, 0) is 21.0 Å². The fourth-order valence-electron chi connectivity index (χ4n) is 3.59. The Morgan fingerprint density at radius 2 is 2.05 bits per heavy atom. The molecule has 0 amide bonds. The third-order valence-corrected chi connectivity index (χ3v) is 6.74. The van der Waals surface area contributed by atoms with Gasteiger partial charge >= 0.3 is 0 Å². The second-order valence-corrected chi connectivity index (χ2v) is 8.91. The summed E-state index contributed by atoms with van der Waals surface area (Å²) in [7, 11) is -3.01. The molecule has 1 aliphatic carbocycles. The lowest BCUT2D eigenvalue weighted by Crippen LogP contribution is -2.23. The van der Waals surface area contributed by atoms with Gasteiger partial charge in [-0.15, -0.1) is 0 Å². The van der Waals surface area contributed by atoms with Gasteiger partial charge in [0, 0.05) is 12.2 Å². The third-order valence-electron chi connectivity index (χ3n) is 5.03. The summed E-state index contributed by atoms with van der Waals surface area (Å²) in [6.07, 6.45) is 5.28. The summed E-state index contributed by atoms with van der Waals surface area (Å²) in [5.74, 6) is 2.12. The topological polar surface area (TPSA) is 82.3 Å². The maximum Gasteiger partial charge on any atom is 0.256 e. The van der Waals surface area contributed by atoms with Gasteiger partial charge in [0.15, 0.2) is 5.82 Å². The Morgan fingerprint density at radius 3 is 2.77 bits per heavy atom. The normalized spacial score (nSPS) is 32.1. The highest BCUT2D eigenvalue weighted by molar-refractivity contribution is 7.91. The number of nitrogens with zero attached hydrogens (tertiary/aromatic N) is 2. The zero-order valence-corrected chi connectivity index (χ0v) is 14.0. The molecule has 0 spiro atoms. The standard InChI is InChI=1S/C15H24N2O4S/c1-3-22(18,19)9-8-13-16-15(21-17-13)14-10(2)11-6-4-5-7-12(11)20-14/h10-12,14H,3-9H2,1-2H3/t10-,11+,12+,14+/m0/s1. The van der Waals surface area contributed by atoms with Crippen molar-refractivity contribution in [3.05, 3.63) is 11.7 Å². The summed E-state index contributed by atoms with van der Waals surface area (Å²) < 4.78 is 34.6. The van der Waals surface area contributed by atoms with Gasteiger partial charge in [0.1, 0.15) is 15.9 Å². The number of sulfone groups is 1. The molecule has 124 valence electrons. The van der Waals surface area contributed by atoms with E-state index in [1.54, 1.807) is 6.92 Å². The number of aromatic nitrogens is 2. The molecule has 7 heteroatoms. The highest BCUT2D eigenvalue weighted by Crippen LogP contribution is 2.47. The van der Waals surface area contributed by atoms with Crippen LogP contribution in [0.2, 0.25) is 0 Å². The predicted octanol–water partition coefficient (Wildman–Crippen LogP) is 2.31. The van der Waals surface area contributed by atoms with Gasteiger partial charge in [-0.3, -0.25) is 0 Å². The van der Waals surface area contributed by atoms with Crippen molar-refractivity contribution in [2.75, 3.05) is 11.5 Å². The average Bonchev–Trinajstić information content (AvgIpc) is 3.11. The maximum absolute atomic E-state index is 11.5. The first-order valence-electron chi connectivity index (χ1n) is 8.18. The Hall–Kier alpha value is -0.950. The minimum atomic E-state index is -3.01. The van der Waals surface area contributed by atoms with E-state index in [9.17, 15) is 8.42 Å². The summed E-state index contributed by atoms with van der Waals surface area (Å²) >= 11 is 0. The average molecular weight is 328 g/mol. The largest absolute Gasteiger partial charge is 0.365 e. The molecule has 1 aliphatic heterocycles. The summed E-state index contributed by atoms with van der Waals surface area (Å²) in [4.78, 5) is 4.37. The number of hydrogen-bond donors (Lipinski definition) is 0. The Morgan fingerprint density at radius 1 is 1.27 bits per heavy atom. The molecule has 0 N–H and O–H groups in total. The fraction of sp³-hybridized carbons (Fsp3) is 0.867. The van der Waals surface area contributed by atoms with Crippen LogP contribution >= 0.6 is 0 Å². The molecule has 2 aliphatic rings. The van der Waals surface area contributed by atoms with Crippen LogP contribution in [0, 0.1) is 11.8 Å². The first-order chi connectivity index (χ1) is 10.5. The molecule has 4 atom stereocenters. The van der Waals surface area contributed by atoms with Crippen LogP contribution in [0.5, 0.6) is 0 Å². The van der Waals surface area contributed by atoms with Gasteiger partial charge in [0.2, 0.25) is 0 Å².